The normalized spacial score (nSPS) is 19.1. The molecule has 21 heteroatoms. The molecule has 80 heavy (non-hydrogen) atoms. The van der Waals surface area contributed by atoms with E-state index in [-0.39, 0.29) is 66.1 Å². The van der Waals surface area contributed by atoms with Crippen LogP contribution in [0.2, 0.25) is 0 Å². The second-order valence-corrected chi connectivity index (χ2v) is 24.9. The number of rotatable bonds is 23. The zero-order valence-electron chi connectivity index (χ0n) is 46.8. The standard InChI is InChI=1S/C59H73N5O14S2/c1-38-39(2)55-43(40(3)54(38)69)30-31-59(8,77-55)56(70)61-33-32-60-50(65)22-16-12-18-34-62-46-26-24-41(79(71,72)73)36-44(46)57(4,5)48(62)20-14-10-9-11-15-21-49-58(6,7)45-37-42(80(74,75)76)25-27-47(45)63(49)35-19-13-17-23-53(68)78-64-51(66)28-29-52(64)67/h9-11,14-15,20-21,24-27,36-37H,12-13,16-19,22-23,28-35H2,1-8H3,(H4-,60,61,65,69,70,71,72,73,74,75,76)/p+1. The van der Waals surface area contributed by atoms with Crippen LogP contribution in [0.15, 0.2) is 94.4 Å². The molecule has 5 N–H and O–H groups in total. The van der Waals surface area contributed by atoms with E-state index in [0.717, 1.165) is 50.6 Å². The number of hydrogen-bond donors (Lipinski definition) is 5. The molecule has 7 rings (SSSR count). The first-order chi connectivity index (χ1) is 37.6. The van der Waals surface area contributed by atoms with Crippen LogP contribution in [0.3, 0.4) is 0 Å². The summed E-state index contributed by atoms with van der Waals surface area (Å²) in [5.41, 5.74) is 5.52. The first kappa shape index (κ1) is 60.7. The number of carbonyl (C=O) groups is 5. The number of imide groups is 1. The lowest BCUT2D eigenvalue weighted by Gasteiger charge is -2.36. The highest BCUT2D eigenvalue weighted by Gasteiger charge is 2.46. The maximum absolute atomic E-state index is 13.3. The van der Waals surface area contributed by atoms with Gasteiger partial charge in [0, 0.05) is 98.2 Å². The topological polar surface area (TPSA) is 266 Å². The average Bonchev–Trinajstić information content (AvgIpc) is 4.14. The van der Waals surface area contributed by atoms with Crippen molar-refractivity contribution in [2.24, 2.45) is 0 Å². The summed E-state index contributed by atoms with van der Waals surface area (Å²) in [6, 6.07) is 9.10. The Hall–Kier alpha value is -6.94. The predicted octanol–water partition coefficient (Wildman–Crippen LogP) is 8.28. The number of phenolic OH excluding ortho intramolecular Hbond substituents is 1. The SMILES string of the molecule is Cc1c(C)c2c(c(C)c1O)CCC(C)(C(=O)NCCNC(=O)CCCCC[N+]1=C(C=CC=CC=CC=C3N(CCCCCC(=O)ON4C(=O)CCC4=O)c4ccc(S(=O)(=O)O)cc4C3(C)C)C(C)(C)c3cc(S(=O)(=O)O)ccc31)O2. The number of fused-ring (bicyclic) bond motifs is 3. The van der Waals surface area contributed by atoms with Crippen molar-refractivity contribution in [2.75, 3.05) is 31.1 Å². The van der Waals surface area contributed by atoms with Crippen LogP contribution in [-0.2, 0) is 66.3 Å². The molecule has 0 bridgehead atoms. The van der Waals surface area contributed by atoms with Gasteiger partial charge in [0.15, 0.2) is 11.3 Å². The highest BCUT2D eigenvalue weighted by Crippen LogP contribution is 2.49. The number of allylic oxidation sites excluding steroid dienone is 8. The molecular formula is C59H74N5O14S2+. The minimum absolute atomic E-state index is 0.00914. The van der Waals surface area contributed by atoms with Gasteiger partial charge in [-0.25, -0.2) is 4.79 Å². The smallest absolute Gasteiger partial charge is 0.333 e. The second kappa shape index (κ2) is 24.4. The summed E-state index contributed by atoms with van der Waals surface area (Å²) in [7, 11) is -8.96. The summed E-state index contributed by atoms with van der Waals surface area (Å²) in [5, 5.41) is 16.9. The predicted molar refractivity (Wildman–Crippen MR) is 301 cm³/mol. The third-order valence-corrected chi connectivity index (χ3v) is 17.5. The molecular weight excluding hydrogens is 1070 g/mol. The van der Waals surface area contributed by atoms with E-state index in [1.54, 1.807) is 19.1 Å². The number of carbonyl (C=O) groups excluding carboxylic acids is 5. The molecule has 0 radical (unpaired) electrons. The number of hydroxylamine groups is 2. The molecule has 4 aliphatic heterocycles. The maximum Gasteiger partial charge on any atom is 0.333 e. The zero-order chi connectivity index (χ0) is 58.5. The lowest BCUT2D eigenvalue weighted by Crippen LogP contribution is -2.52. The van der Waals surface area contributed by atoms with E-state index in [4.69, 9.17) is 9.57 Å². The van der Waals surface area contributed by atoms with Gasteiger partial charge in [0.1, 0.15) is 18.0 Å². The van der Waals surface area contributed by atoms with Crippen molar-refractivity contribution in [2.45, 2.75) is 159 Å². The summed E-state index contributed by atoms with van der Waals surface area (Å²) in [6.45, 7) is 16.8. The molecule has 430 valence electrons. The van der Waals surface area contributed by atoms with Gasteiger partial charge in [-0.3, -0.25) is 28.3 Å². The third-order valence-electron chi connectivity index (χ3n) is 15.8. The molecule has 3 aromatic carbocycles. The molecule has 4 heterocycles. The number of nitrogens with zero attached hydrogens (tertiary/aromatic N) is 3. The van der Waals surface area contributed by atoms with Crippen molar-refractivity contribution in [3.05, 3.63) is 118 Å². The quantitative estimate of drug-likeness (QED) is 0.0197. The Morgan fingerprint density at radius 2 is 1.34 bits per heavy atom. The summed E-state index contributed by atoms with van der Waals surface area (Å²) < 4.78 is 77.1. The Kier molecular flexibility index (Phi) is 18.5. The molecule has 4 aliphatic rings. The third kappa shape index (κ3) is 13.3. The van der Waals surface area contributed by atoms with Crippen molar-refractivity contribution in [1.29, 1.82) is 0 Å². The molecule has 0 saturated carbocycles. The van der Waals surface area contributed by atoms with Crippen LogP contribution in [0.4, 0.5) is 11.4 Å². The summed E-state index contributed by atoms with van der Waals surface area (Å²) in [4.78, 5) is 68.9. The number of phenols is 1. The lowest BCUT2D eigenvalue weighted by atomic mass is 9.81. The molecule has 3 aromatic rings. The van der Waals surface area contributed by atoms with Gasteiger partial charge < -0.3 is 30.2 Å². The number of hydrogen-bond acceptors (Lipinski definition) is 13. The number of aromatic hydroxyl groups is 1. The van der Waals surface area contributed by atoms with Crippen LogP contribution in [0.25, 0.3) is 0 Å². The largest absolute Gasteiger partial charge is 0.507 e. The number of amides is 4. The van der Waals surface area contributed by atoms with Gasteiger partial charge in [0.05, 0.1) is 15.2 Å². The van der Waals surface area contributed by atoms with Crippen molar-refractivity contribution in [1.82, 2.24) is 15.7 Å². The fourth-order valence-corrected chi connectivity index (χ4v) is 11.9. The number of unbranched alkanes of at least 4 members (excludes halogenated alkanes) is 4. The highest BCUT2D eigenvalue weighted by atomic mass is 32.2. The number of nitrogens with one attached hydrogen (secondary N) is 2. The van der Waals surface area contributed by atoms with Crippen LogP contribution in [0.1, 0.15) is 139 Å². The summed E-state index contributed by atoms with van der Waals surface area (Å²) in [6.07, 6.45) is 18.3. The van der Waals surface area contributed by atoms with E-state index in [0.29, 0.717) is 80.8 Å². The molecule has 1 fully saturated rings. The minimum atomic E-state index is -4.48. The Morgan fingerprint density at radius 1 is 0.725 bits per heavy atom. The van der Waals surface area contributed by atoms with Crippen LogP contribution >= 0.6 is 0 Å². The first-order valence-corrected chi connectivity index (χ1v) is 30.0. The van der Waals surface area contributed by atoms with Gasteiger partial charge in [0.2, 0.25) is 11.6 Å². The van der Waals surface area contributed by atoms with Crippen LogP contribution < -0.4 is 20.3 Å². The Morgan fingerprint density at radius 3 is 2.02 bits per heavy atom. The minimum Gasteiger partial charge on any atom is -0.507 e. The van der Waals surface area contributed by atoms with Crippen LogP contribution in [0.5, 0.6) is 11.5 Å². The van der Waals surface area contributed by atoms with Gasteiger partial charge in [-0.1, -0.05) is 50.6 Å². The fraction of sp³-hybridized carbons (Fsp3) is 0.458. The Bertz CT molecular complexity index is 3360. The fourth-order valence-electron chi connectivity index (χ4n) is 10.9. The molecule has 0 spiro atoms. The highest BCUT2D eigenvalue weighted by molar-refractivity contribution is 7.86. The van der Waals surface area contributed by atoms with E-state index in [1.807, 2.05) is 91.0 Å². The van der Waals surface area contributed by atoms with Crippen molar-refractivity contribution in [3.63, 3.8) is 0 Å². The van der Waals surface area contributed by atoms with E-state index in [9.17, 15) is 55.0 Å². The van der Waals surface area contributed by atoms with Gasteiger partial charge in [-0.15, -0.1) is 5.06 Å². The monoisotopic (exact) mass is 1140 g/mol. The first-order valence-electron chi connectivity index (χ1n) is 27.1. The number of benzene rings is 3. The Balaban J connectivity index is 0.953. The summed E-state index contributed by atoms with van der Waals surface area (Å²) in [5.74, 6) is -1.28. The average molecular weight is 1140 g/mol. The number of ether oxygens (including phenoxy) is 1. The molecule has 1 saturated heterocycles. The van der Waals surface area contributed by atoms with Crippen LogP contribution in [-0.4, -0.2) is 108 Å². The van der Waals surface area contributed by atoms with Crippen LogP contribution in [0, 0.1) is 20.8 Å². The van der Waals surface area contributed by atoms with Gasteiger partial charge in [-0.2, -0.15) is 21.4 Å². The van der Waals surface area contributed by atoms with Gasteiger partial charge in [0.25, 0.3) is 38.0 Å². The molecule has 0 aliphatic carbocycles. The Labute approximate surface area is 468 Å². The zero-order valence-corrected chi connectivity index (χ0v) is 48.4. The molecule has 19 nitrogen and oxygen atoms in total. The number of anilines is 1. The van der Waals surface area contributed by atoms with Gasteiger partial charge >= 0.3 is 5.97 Å². The maximum atomic E-state index is 13.3. The molecule has 1 unspecified atom stereocenters. The van der Waals surface area contributed by atoms with Crippen molar-refractivity contribution < 1.29 is 69.2 Å². The second-order valence-electron chi connectivity index (χ2n) is 22.1. The van der Waals surface area contributed by atoms with E-state index in [2.05, 4.69) is 20.1 Å². The van der Waals surface area contributed by atoms with E-state index in [1.165, 1.54) is 24.3 Å². The van der Waals surface area contributed by atoms with Crippen molar-refractivity contribution >= 4 is 66.9 Å². The molecule has 4 amide bonds. The van der Waals surface area contributed by atoms with E-state index < -0.39 is 54.5 Å². The van der Waals surface area contributed by atoms with Crippen molar-refractivity contribution in [3.8, 4) is 11.5 Å². The summed E-state index contributed by atoms with van der Waals surface area (Å²) >= 11 is 0. The molecule has 1 atom stereocenters. The lowest BCUT2D eigenvalue weighted by molar-refractivity contribution is -0.438. The molecule has 0 aromatic heterocycles. The van der Waals surface area contributed by atoms with E-state index >= 15 is 0 Å². The van der Waals surface area contributed by atoms with Gasteiger partial charge in [-0.05, 0) is 132 Å².